The number of hydrogen-bond donors (Lipinski definition) is 0. The Bertz CT molecular complexity index is 1260. The number of morpholine rings is 1. The van der Waals surface area contributed by atoms with Gasteiger partial charge in [0, 0.05) is 22.5 Å². The minimum Gasteiger partial charge on any atom is -0.495 e. The largest absolute Gasteiger partial charge is 0.495 e. The van der Waals surface area contributed by atoms with Gasteiger partial charge in [0.1, 0.15) is 5.75 Å². The van der Waals surface area contributed by atoms with Crippen LogP contribution < -0.4 is 4.74 Å². The van der Waals surface area contributed by atoms with Crippen LogP contribution >= 0.6 is 11.6 Å². The monoisotopic (exact) mass is 461 g/mol. The molecule has 33 heavy (non-hydrogen) atoms. The number of imidazole rings is 1. The Hall–Kier alpha value is -3.35. The van der Waals surface area contributed by atoms with Crippen LogP contribution in [-0.2, 0) is 9.53 Å². The molecule has 2 aliphatic heterocycles. The van der Waals surface area contributed by atoms with E-state index in [1.54, 1.807) is 13.4 Å². The molecule has 1 fully saturated rings. The van der Waals surface area contributed by atoms with E-state index >= 15 is 0 Å². The molecule has 5 rings (SSSR count). The number of hydrogen-bond acceptors (Lipinski definition) is 4. The zero-order chi connectivity index (χ0) is 22.9. The highest BCUT2D eigenvalue weighted by Gasteiger charge is 2.35. The molecule has 168 valence electrons. The van der Waals surface area contributed by atoms with E-state index in [1.807, 2.05) is 71.1 Å². The predicted octanol–water partition coefficient (Wildman–Crippen LogP) is 5.11. The topological polar surface area (TPSA) is 56.6 Å². The van der Waals surface area contributed by atoms with E-state index in [2.05, 4.69) is 11.1 Å². The summed E-state index contributed by atoms with van der Waals surface area (Å²) in [6.45, 7) is 2.84. The molecule has 3 heterocycles. The number of ether oxygens (including phenoxy) is 2. The van der Waals surface area contributed by atoms with E-state index < -0.39 is 0 Å². The van der Waals surface area contributed by atoms with Crippen molar-refractivity contribution in [2.75, 3.05) is 20.3 Å². The molecule has 7 heteroatoms. The van der Waals surface area contributed by atoms with Gasteiger partial charge in [-0.1, -0.05) is 35.9 Å². The summed E-state index contributed by atoms with van der Waals surface area (Å²) in [4.78, 5) is 19.7. The van der Waals surface area contributed by atoms with E-state index in [9.17, 15) is 4.79 Å². The number of carbonyl (C=O) groups is 1. The van der Waals surface area contributed by atoms with E-state index in [1.165, 1.54) is 0 Å². The van der Waals surface area contributed by atoms with E-state index in [0.29, 0.717) is 30.4 Å². The van der Waals surface area contributed by atoms with Crippen molar-refractivity contribution < 1.29 is 14.3 Å². The Morgan fingerprint density at radius 3 is 2.76 bits per heavy atom. The maximum atomic E-state index is 13.6. The second kappa shape index (κ2) is 8.89. The van der Waals surface area contributed by atoms with Gasteiger partial charge in [-0.2, -0.15) is 0 Å². The molecular formula is C26H24ClN3O3. The van der Waals surface area contributed by atoms with Crippen LogP contribution in [0.3, 0.4) is 0 Å². The molecule has 0 unspecified atom stereocenters. The van der Waals surface area contributed by atoms with Crippen LogP contribution in [-0.4, -0.2) is 40.7 Å². The third-order valence-electron chi connectivity index (χ3n) is 5.99. The molecule has 2 aromatic carbocycles. The number of halogens is 1. The summed E-state index contributed by atoms with van der Waals surface area (Å²) >= 11 is 6.06. The van der Waals surface area contributed by atoms with Crippen molar-refractivity contribution in [3.8, 4) is 11.4 Å². The molecule has 0 aliphatic carbocycles. The Morgan fingerprint density at radius 1 is 1.21 bits per heavy atom. The fourth-order valence-corrected chi connectivity index (χ4v) is 4.45. The maximum Gasteiger partial charge on any atom is 0.255 e. The van der Waals surface area contributed by atoms with E-state index in [-0.39, 0.29) is 11.9 Å². The molecule has 0 saturated carbocycles. The number of carbonyl (C=O) groups excluding carboxylic acids is 1. The van der Waals surface area contributed by atoms with Crippen molar-refractivity contribution in [1.82, 2.24) is 14.5 Å². The number of methoxy groups -OCH3 is 1. The number of aromatic nitrogens is 2. The molecule has 1 aromatic heterocycles. The van der Waals surface area contributed by atoms with Gasteiger partial charge in [0.05, 0.1) is 44.1 Å². The fourth-order valence-electron chi connectivity index (χ4n) is 4.32. The molecular weight excluding hydrogens is 438 g/mol. The van der Waals surface area contributed by atoms with Crippen molar-refractivity contribution in [2.24, 2.45) is 0 Å². The first-order valence-electron chi connectivity index (χ1n) is 10.8. The molecule has 1 atom stereocenters. The van der Waals surface area contributed by atoms with E-state index in [0.717, 1.165) is 33.8 Å². The van der Waals surface area contributed by atoms with Crippen molar-refractivity contribution in [2.45, 2.75) is 19.4 Å². The molecule has 2 aliphatic rings. The smallest absolute Gasteiger partial charge is 0.255 e. The maximum absolute atomic E-state index is 13.6. The molecule has 1 amide bonds. The lowest BCUT2D eigenvalue weighted by Gasteiger charge is -2.40. The fraction of sp³-hybridized carbons (Fsp3) is 0.231. The second-order valence-electron chi connectivity index (χ2n) is 8.18. The number of fused-ring (bicyclic) bond motifs is 1. The lowest BCUT2D eigenvalue weighted by Crippen LogP contribution is -2.44. The first kappa shape index (κ1) is 21.5. The molecule has 0 radical (unpaired) electrons. The summed E-state index contributed by atoms with van der Waals surface area (Å²) in [5.74, 6) is 0.718. The summed E-state index contributed by atoms with van der Waals surface area (Å²) in [6.07, 6.45) is 8.29. The normalized spacial score (nSPS) is 19.4. The molecule has 0 bridgehead atoms. The highest BCUT2D eigenvalue weighted by molar-refractivity contribution is 6.30. The summed E-state index contributed by atoms with van der Waals surface area (Å²) in [5.41, 5.74) is 5.37. The molecule has 1 saturated heterocycles. The van der Waals surface area contributed by atoms with Gasteiger partial charge < -0.3 is 18.9 Å². The van der Waals surface area contributed by atoms with Crippen LogP contribution in [0.4, 0.5) is 0 Å². The van der Waals surface area contributed by atoms with Crippen molar-refractivity contribution in [1.29, 1.82) is 0 Å². The lowest BCUT2D eigenvalue weighted by molar-refractivity contribution is -0.132. The van der Waals surface area contributed by atoms with E-state index in [4.69, 9.17) is 21.1 Å². The molecule has 3 aromatic rings. The van der Waals surface area contributed by atoms with Gasteiger partial charge in [0.2, 0.25) is 0 Å². The van der Waals surface area contributed by atoms with Gasteiger partial charge >= 0.3 is 0 Å². The van der Waals surface area contributed by atoms with Crippen LogP contribution in [0, 0.1) is 6.92 Å². The summed E-state index contributed by atoms with van der Waals surface area (Å²) in [5, 5.41) is 0.667. The van der Waals surface area contributed by atoms with Gasteiger partial charge in [0.25, 0.3) is 5.91 Å². The van der Waals surface area contributed by atoms with Crippen LogP contribution in [0.25, 0.3) is 11.8 Å². The SMILES string of the molecule is COc1cc(C=C2CC=C3COC[C@@H](c4ccc(Cl)cc4)N3C2=O)ccc1-n1cnc(C)c1. The average molecular weight is 462 g/mol. The van der Waals surface area contributed by atoms with Gasteiger partial charge in [-0.05, 0) is 54.8 Å². The first-order chi connectivity index (χ1) is 16.0. The summed E-state index contributed by atoms with van der Waals surface area (Å²) < 4.78 is 13.3. The van der Waals surface area contributed by atoms with Gasteiger partial charge in [-0.15, -0.1) is 0 Å². The Morgan fingerprint density at radius 2 is 2.03 bits per heavy atom. The second-order valence-corrected chi connectivity index (χ2v) is 8.62. The van der Waals surface area contributed by atoms with Crippen molar-refractivity contribution >= 4 is 23.6 Å². The van der Waals surface area contributed by atoms with Gasteiger partial charge in [0.15, 0.2) is 0 Å². The standard InChI is InChI=1S/C26H24ClN3O3/c1-17-13-29(16-28-17)23-10-3-18(12-25(23)32-2)11-20-6-9-22-14-33-15-24(30(22)26(20)31)19-4-7-21(27)8-5-19/h3-5,7-13,16,24H,6,14-15H2,1-2H3/t24-/m0/s1. The Kier molecular flexibility index (Phi) is 5.79. The predicted molar refractivity (Wildman–Crippen MR) is 127 cm³/mol. The summed E-state index contributed by atoms with van der Waals surface area (Å²) in [6, 6.07) is 13.3. The summed E-state index contributed by atoms with van der Waals surface area (Å²) in [7, 11) is 1.64. The number of allylic oxidation sites excluding steroid dienone is 1. The molecule has 0 spiro atoms. The average Bonchev–Trinajstić information content (AvgIpc) is 3.27. The Balaban J connectivity index is 1.46. The minimum atomic E-state index is -0.181. The number of aryl methyl sites for hydroxylation is 1. The number of benzene rings is 2. The Labute approximate surface area is 197 Å². The van der Waals surface area contributed by atoms with Crippen LogP contribution in [0.15, 0.2) is 72.3 Å². The van der Waals surface area contributed by atoms with Crippen molar-refractivity contribution in [3.05, 3.63) is 94.2 Å². The number of rotatable bonds is 4. The van der Waals surface area contributed by atoms with Crippen LogP contribution in [0.2, 0.25) is 5.02 Å². The highest BCUT2D eigenvalue weighted by atomic mass is 35.5. The van der Waals surface area contributed by atoms with Crippen LogP contribution in [0.1, 0.15) is 29.3 Å². The third kappa shape index (κ3) is 4.19. The lowest BCUT2D eigenvalue weighted by atomic mass is 9.96. The quantitative estimate of drug-likeness (QED) is 0.506. The first-order valence-corrected chi connectivity index (χ1v) is 11.2. The van der Waals surface area contributed by atoms with Gasteiger partial charge in [-0.25, -0.2) is 4.98 Å². The van der Waals surface area contributed by atoms with Crippen LogP contribution in [0.5, 0.6) is 5.75 Å². The van der Waals surface area contributed by atoms with Crippen molar-refractivity contribution in [3.63, 3.8) is 0 Å². The minimum absolute atomic E-state index is 0.00373. The molecule has 0 N–H and O–H groups in total. The van der Waals surface area contributed by atoms with Gasteiger partial charge in [-0.3, -0.25) is 4.79 Å². The zero-order valence-electron chi connectivity index (χ0n) is 18.5. The zero-order valence-corrected chi connectivity index (χ0v) is 19.2. The number of amides is 1. The molecule has 6 nitrogen and oxygen atoms in total. The highest BCUT2D eigenvalue weighted by Crippen LogP contribution is 2.36. The number of nitrogens with zero attached hydrogens (tertiary/aromatic N) is 3. The third-order valence-corrected chi connectivity index (χ3v) is 6.24.